The fraction of sp³-hybridized carbons (Fsp3) is 0.312. The molecular formula is C16H20N8S. The molecule has 1 unspecified atom stereocenters. The molecule has 9 heteroatoms. The minimum Gasteiger partial charge on any atom is -0.368 e. The minimum absolute atomic E-state index is 0.0470. The van der Waals surface area contributed by atoms with Crippen LogP contribution in [0.2, 0.25) is 0 Å². The number of hydrogen-bond acceptors (Lipinski definition) is 8. The highest BCUT2D eigenvalue weighted by atomic mass is 32.2. The topological polar surface area (TPSA) is 107 Å². The molecule has 3 N–H and O–H groups in total. The standard InChI is InChI=1S/C16H20N8S/c1-4-12-22-23-16(24(12)3)25-10(2)13-19-14(17)21-15(20-13)18-11-8-6-5-7-9-11/h5-10H,4H2,1-3H3,(H3,17,18,19,20,21). The zero-order valence-electron chi connectivity index (χ0n) is 14.3. The van der Waals surface area contributed by atoms with Crippen molar-refractivity contribution >= 4 is 29.3 Å². The third kappa shape index (κ3) is 4.05. The van der Waals surface area contributed by atoms with Gasteiger partial charge in [0.2, 0.25) is 11.9 Å². The molecule has 8 nitrogen and oxygen atoms in total. The maximum Gasteiger partial charge on any atom is 0.232 e. The van der Waals surface area contributed by atoms with Crippen LogP contribution < -0.4 is 11.1 Å². The van der Waals surface area contributed by atoms with Crippen molar-refractivity contribution in [1.29, 1.82) is 0 Å². The second kappa shape index (κ2) is 7.47. The lowest BCUT2D eigenvalue weighted by Crippen LogP contribution is -2.08. The van der Waals surface area contributed by atoms with Crippen molar-refractivity contribution in [2.45, 2.75) is 30.7 Å². The predicted molar refractivity (Wildman–Crippen MR) is 98.6 cm³/mol. The Balaban J connectivity index is 1.80. The lowest BCUT2D eigenvalue weighted by molar-refractivity contribution is 0.738. The average Bonchev–Trinajstić information content (AvgIpc) is 2.95. The van der Waals surface area contributed by atoms with Crippen molar-refractivity contribution in [1.82, 2.24) is 29.7 Å². The number of anilines is 3. The van der Waals surface area contributed by atoms with E-state index in [2.05, 4.69) is 37.4 Å². The number of rotatable bonds is 6. The van der Waals surface area contributed by atoms with Gasteiger partial charge in [-0.05, 0) is 19.1 Å². The molecule has 0 fully saturated rings. The summed E-state index contributed by atoms with van der Waals surface area (Å²) >= 11 is 1.54. The van der Waals surface area contributed by atoms with Gasteiger partial charge in [0, 0.05) is 19.2 Å². The van der Waals surface area contributed by atoms with Crippen LogP contribution in [0.5, 0.6) is 0 Å². The molecule has 0 spiro atoms. The van der Waals surface area contributed by atoms with Crippen LogP contribution in [0.4, 0.5) is 17.6 Å². The van der Waals surface area contributed by atoms with E-state index in [1.807, 2.05) is 48.9 Å². The summed E-state index contributed by atoms with van der Waals surface area (Å²) in [4.78, 5) is 12.9. The number of benzene rings is 1. The van der Waals surface area contributed by atoms with Crippen LogP contribution in [-0.4, -0.2) is 29.7 Å². The first-order valence-electron chi connectivity index (χ1n) is 7.95. The number of hydrogen-bond donors (Lipinski definition) is 2. The molecule has 2 aromatic heterocycles. The van der Waals surface area contributed by atoms with Crippen molar-refractivity contribution in [3.63, 3.8) is 0 Å². The number of aromatic nitrogens is 6. The molecule has 0 aliphatic rings. The van der Waals surface area contributed by atoms with Crippen LogP contribution in [0.25, 0.3) is 0 Å². The Morgan fingerprint density at radius 1 is 1.16 bits per heavy atom. The molecule has 0 bridgehead atoms. The molecule has 25 heavy (non-hydrogen) atoms. The fourth-order valence-corrected chi connectivity index (χ4v) is 3.14. The molecule has 3 aromatic rings. The molecule has 1 atom stereocenters. The van der Waals surface area contributed by atoms with E-state index >= 15 is 0 Å². The highest BCUT2D eigenvalue weighted by molar-refractivity contribution is 7.99. The van der Waals surface area contributed by atoms with Gasteiger partial charge in [0.15, 0.2) is 5.16 Å². The normalized spacial score (nSPS) is 12.1. The van der Waals surface area contributed by atoms with Gasteiger partial charge in [-0.1, -0.05) is 36.9 Å². The van der Waals surface area contributed by atoms with Crippen LogP contribution >= 0.6 is 11.8 Å². The Kier molecular flexibility index (Phi) is 5.13. The minimum atomic E-state index is -0.0470. The summed E-state index contributed by atoms with van der Waals surface area (Å²) in [6, 6.07) is 9.69. The maximum absolute atomic E-state index is 5.86. The number of nitrogens with two attached hydrogens (primary N) is 1. The number of para-hydroxylation sites is 1. The van der Waals surface area contributed by atoms with Gasteiger partial charge in [0.05, 0.1) is 5.25 Å². The largest absolute Gasteiger partial charge is 0.368 e. The molecule has 0 saturated carbocycles. The summed E-state index contributed by atoms with van der Waals surface area (Å²) in [6.45, 7) is 4.06. The van der Waals surface area contributed by atoms with Gasteiger partial charge in [0.25, 0.3) is 0 Å². The number of thioether (sulfide) groups is 1. The van der Waals surface area contributed by atoms with Crippen LogP contribution in [0, 0.1) is 0 Å². The second-order valence-electron chi connectivity index (χ2n) is 5.44. The Bertz CT molecular complexity index is 849. The van der Waals surface area contributed by atoms with Crippen molar-refractivity contribution in [3.8, 4) is 0 Å². The predicted octanol–water partition coefficient (Wildman–Crippen LogP) is 2.74. The zero-order chi connectivity index (χ0) is 17.8. The van der Waals surface area contributed by atoms with Gasteiger partial charge in [-0.15, -0.1) is 10.2 Å². The first kappa shape index (κ1) is 17.2. The van der Waals surface area contributed by atoms with Gasteiger partial charge in [-0.25, -0.2) is 0 Å². The molecule has 2 heterocycles. The number of nitrogens with zero attached hydrogens (tertiary/aromatic N) is 6. The molecule has 130 valence electrons. The van der Waals surface area contributed by atoms with Crippen LogP contribution in [0.3, 0.4) is 0 Å². The summed E-state index contributed by atoms with van der Waals surface area (Å²) in [6.07, 6.45) is 0.836. The van der Waals surface area contributed by atoms with Gasteiger partial charge in [0.1, 0.15) is 11.6 Å². The van der Waals surface area contributed by atoms with Crippen LogP contribution in [0.1, 0.15) is 30.7 Å². The Labute approximate surface area is 150 Å². The zero-order valence-corrected chi connectivity index (χ0v) is 15.2. The quantitative estimate of drug-likeness (QED) is 0.649. The average molecular weight is 356 g/mol. The van der Waals surface area contributed by atoms with Gasteiger partial charge >= 0.3 is 0 Å². The second-order valence-corrected chi connectivity index (χ2v) is 6.75. The van der Waals surface area contributed by atoms with Crippen LogP contribution in [0.15, 0.2) is 35.5 Å². The molecule has 0 aliphatic carbocycles. The molecule has 0 aliphatic heterocycles. The number of nitrogen functional groups attached to an aromatic ring is 1. The summed E-state index contributed by atoms with van der Waals surface area (Å²) in [5.74, 6) is 2.14. The highest BCUT2D eigenvalue weighted by Crippen LogP contribution is 2.32. The summed E-state index contributed by atoms with van der Waals surface area (Å²) in [7, 11) is 1.96. The number of nitrogens with one attached hydrogen (secondary N) is 1. The maximum atomic E-state index is 5.86. The monoisotopic (exact) mass is 356 g/mol. The summed E-state index contributed by atoms with van der Waals surface area (Å²) in [5.41, 5.74) is 6.74. The Hall–Kier alpha value is -2.68. The first-order valence-corrected chi connectivity index (χ1v) is 8.83. The Morgan fingerprint density at radius 2 is 1.92 bits per heavy atom. The van der Waals surface area contributed by atoms with E-state index in [0.717, 1.165) is 23.1 Å². The molecular weight excluding hydrogens is 336 g/mol. The highest BCUT2D eigenvalue weighted by Gasteiger charge is 2.17. The van der Waals surface area contributed by atoms with E-state index in [9.17, 15) is 0 Å². The van der Waals surface area contributed by atoms with E-state index in [-0.39, 0.29) is 11.2 Å². The lowest BCUT2D eigenvalue weighted by Gasteiger charge is -2.12. The van der Waals surface area contributed by atoms with E-state index in [0.29, 0.717) is 11.8 Å². The first-order chi connectivity index (χ1) is 12.1. The Morgan fingerprint density at radius 3 is 2.60 bits per heavy atom. The smallest absolute Gasteiger partial charge is 0.232 e. The van der Waals surface area contributed by atoms with Gasteiger partial charge < -0.3 is 15.6 Å². The third-order valence-corrected chi connectivity index (χ3v) is 4.72. The van der Waals surface area contributed by atoms with Crippen molar-refractivity contribution < 1.29 is 0 Å². The third-order valence-electron chi connectivity index (χ3n) is 3.59. The lowest BCUT2D eigenvalue weighted by atomic mass is 10.3. The fourth-order valence-electron chi connectivity index (χ4n) is 2.26. The SMILES string of the molecule is CCc1nnc(SC(C)c2nc(N)nc(Nc3ccccc3)n2)n1C. The van der Waals surface area contributed by atoms with Gasteiger partial charge in [-0.3, -0.25) is 0 Å². The van der Waals surface area contributed by atoms with Crippen molar-refractivity contribution in [2.75, 3.05) is 11.1 Å². The summed E-state index contributed by atoms with van der Waals surface area (Å²) < 4.78 is 1.98. The molecule has 3 rings (SSSR count). The van der Waals surface area contributed by atoms with Crippen LogP contribution in [-0.2, 0) is 13.5 Å². The van der Waals surface area contributed by atoms with E-state index < -0.39 is 0 Å². The molecule has 0 radical (unpaired) electrons. The van der Waals surface area contributed by atoms with E-state index in [1.165, 1.54) is 11.8 Å². The van der Waals surface area contributed by atoms with Crippen molar-refractivity contribution in [3.05, 3.63) is 42.0 Å². The van der Waals surface area contributed by atoms with Gasteiger partial charge in [-0.2, -0.15) is 15.0 Å². The van der Waals surface area contributed by atoms with E-state index in [1.54, 1.807) is 0 Å². The van der Waals surface area contributed by atoms with E-state index in [4.69, 9.17) is 5.73 Å². The summed E-state index contributed by atoms with van der Waals surface area (Å²) in [5, 5.41) is 12.3. The molecule has 0 amide bonds. The van der Waals surface area contributed by atoms with Crippen molar-refractivity contribution in [2.24, 2.45) is 7.05 Å². The molecule has 1 aromatic carbocycles. The molecule has 0 saturated heterocycles. The number of aryl methyl sites for hydroxylation is 1.